The van der Waals surface area contributed by atoms with E-state index < -0.39 is 35.9 Å². The highest BCUT2D eigenvalue weighted by Gasteiger charge is 2.40. The Hall–Kier alpha value is -3.32. The Morgan fingerprint density at radius 2 is 1.88 bits per heavy atom. The van der Waals surface area contributed by atoms with Crippen LogP contribution in [0.1, 0.15) is 33.3 Å². The fourth-order valence-corrected chi connectivity index (χ4v) is 3.82. The van der Waals surface area contributed by atoms with Gasteiger partial charge in [0.1, 0.15) is 17.7 Å². The topological polar surface area (TPSA) is 112 Å². The van der Waals surface area contributed by atoms with Gasteiger partial charge in [-0.25, -0.2) is 14.4 Å². The average molecular weight is 459 g/mol. The number of hydrogen-bond donors (Lipinski definition) is 0. The van der Waals surface area contributed by atoms with Crippen molar-refractivity contribution in [1.82, 2.24) is 9.80 Å². The highest BCUT2D eigenvalue weighted by Crippen LogP contribution is 2.24. The van der Waals surface area contributed by atoms with E-state index in [4.69, 9.17) is 19.5 Å². The molecule has 178 valence electrons. The number of carbonyl (C=O) groups excluding carboxylic acids is 3. The lowest BCUT2D eigenvalue weighted by molar-refractivity contribution is -0.152. The molecule has 0 radical (unpaired) electrons. The van der Waals surface area contributed by atoms with Gasteiger partial charge in [0.15, 0.2) is 0 Å². The highest BCUT2D eigenvalue weighted by molar-refractivity contribution is 5.89. The Labute approximate surface area is 193 Å². The molecule has 0 aliphatic carbocycles. The minimum Gasteiger partial charge on any atom is -0.464 e. The molecule has 2 aliphatic rings. The lowest BCUT2D eigenvalue weighted by Gasteiger charge is -2.40. The standard InChI is InChI=1S/C23H30N4O6/c1-5-31-20(28)19-15-25(10-11-26(19)22(30)33-23(2,3)4)13-18-14-27(21(29)32-18)17-8-6-16(12-24)7-9-17/h6-9,18-19H,5,10-11,13-15H2,1-4H3. The Kier molecular flexibility index (Phi) is 7.43. The van der Waals surface area contributed by atoms with Crippen molar-refractivity contribution in [3.05, 3.63) is 29.8 Å². The zero-order valence-corrected chi connectivity index (χ0v) is 19.4. The molecule has 1 aromatic carbocycles. The Bertz CT molecular complexity index is 920. The summed E-state index contributed by atoms with van der Waals surface area (Å²) in [6, 6.07) is 7.95. The first-order valence-electron chi connectivity index (χ1n) is 11.0. The van der Waals surface area contributed by atoms with Crippen LogP contribution in [0.15, 0.2) is 24.3 Å². The SMILES string of the molecule is CCOC(=O)C1CN(CC2CN(c3ccc(C#N)cc3)C(=O)O2)CCN1C(=O)OC(C)(C)C. The molecule has 2 heterocycles. The minimum absolute atomic E-state index is 0.206. The predicted molar refractivity (Wildman–Crippen MR) is 119 cm³/mol. The quantitative estimate of drug-likeness (QED) is 0.488. The summed E-state index contributed by atoms with van der Waals surface area (Å²) in [5.74, 6) is -0.490. The maximum atomic E-state index is 12.7. The molecule has 0 saturated carbocycles. The minimum atomic E-state index is -0.805. The largest absolute Gasteiger partial charge is 0.464 e. The smallest absolute Gasteiger partial charge is 0.414 e. The van der Waals surface area contributed by atoms with E-state index in [2.05, 4.69) is 0 Å². The second-order valence-electron chi connectivity index (χ2n) is 8.98. The number of cyclic esters (lactones) is 1. The van der Waals surface area contributed by atoms with E-state index in [-0.39, 0.29) is 13.2 Å². The van der Waals surface area contributed by atoms with Crippen LogP contribution in [0.25, 0.3) is 0 Å². The van der Waals surface area contributed by atoms with Crippen molar-refractivity contribution in [2.75, 3.05) is 44.2 Å². The molecule has 3 rings (SSSR count). The summed E-state index contributed by atoms with van der Waals surface area (Å²) in [6.07, 6.45) is -1.41. The van der Waals surface area contributed by atoms with Crippen LogP contribution in [-0.2, 0) is 19.0 Å². The van der Waals surface area contributed by atoms with Crippen molar-refractivity contribution >= 4 is 23.8 Å². The highest BCUT2D eigenvalue weighted by atomic mass is 16.6. The number of anilines is 1. The number of esters is 1. The molecule has 0 spiro atoms. The third-order valence-electron chi connectivity index (χ3n) is 5.30. The summed E-state index contributed by atoms with van der Waals surface area (Å²) < 4.78 is 16.2. The molecule has 2 amide bonds. The maximum Gasteiger partial charge on any atom is 0.414 e. The van der Waals surface area contributed by atoms with E-state index in [0.717, 1.165) is 0 Å². The molecule has 33 heavy (non-hydrogen) atoms. The summed E-state index contributed by atoms with van der Waals surface area (Å²) in [6.45, 7) is 9.04. The summed E-state index contributed by atoms with van der Waals surface area (Å²) >= 11 is 0. The molecule has 2 aliphatic heterocycles. The second-order valence-corrected chi connectivity index (χ2v) is 8.98. The van der Waals surface area contributed by atoms with Gasteiger partial charge in [-0.15, -0.1) is 0 Å². The molecule has 2 unspecified atom stereocenters. The van der Waals surface area contributed by atoms with Gasteiger partial charge in [-0.2, -0.15) is 5.26 Å². The molecule has 1 aromatic rings. The lowest BCUT2D eigenvalue weighted by atomic mass is 10.1. The van der Waals surface area contributed by atoms with Crippen LogP contribution in [0.4, 0.5) is 15.3 Å². The van der Waals surface area contributed by atoms with Gasteiger partial charge in [-0.05, 0) is 52.0 Å². The number of amides is 2. The Morgan fingerprint density at radius 3 is 2.48 bits per heavy atom. The van der Waals surface area contributed by atoms with Crippen molar-refractivity contribution in [3.8, 4) is 6.07 Å². The van der Waals surface area contributed by atoms with Crippen molar-refractivity contribution in [2.45, 2.75) is 45.4 Å². The summed E-state index contributed by atoms with van der Waals surface area (Å²) in [5, 5.41) is 8.95. The molecule has 0 aromatic heterocycles. The first-order valence-corrected chi connectivity index (χ1v) is 11.0. The summed E-state index contributed by atoms with van der Waals surface area (Å²) in [7, 11) is 0. The Morgan fingerprint density at radius 1 is 1.18 bits per heavy atom. The van der Waals surface area contributed by atoms with Gasteiger partial charge in [0.25, 0.3) is 0 Å². The third-order valence-corrected chi connectivity index (χ3v) is 5.30. The lowest BCUT2D eigenvalue weighted by Crippen LogP contribution is -2.60. The number of carbonyl (C=O) groups is 3. The number of nitriles is 1. The first-order chi connectivity index (χ1) is 15.6. The van der Waals surface area contributed by atoms with Gasteiger partial charge < -0.3 is 14.2 Å². The van der Waals surface area contributed by atoms with E-state index in [1.165, 1.54) is 9.80 Å². The molecule has 2 atom stereocenters. The zero-order chi connectivity index (χ0) is 24.2. The fourth-order valence-electron chi connectivity index (χ4n) is 3.82. The maximum absolute atomic E-state index is 12.7. The molecule has 0 N–H and O–H groups in total. The van der Waals surface area contributed by atoms with Crippen molar-refractivity contribution < 1.29 is 28.6 Å². The first kappa shape index (κ1) is 24.3. The number of ether oxygens (including phenoxy) is 3. The molecule has 10 nitrogen and oxygen atoms in total. The summed E-state index contributed by atoms with van der Waals surface area (Å²) in [5.41, 5.74) is 0.483. The van der Waals surface area contributed by atoms with Gasteiger partial charge in [-0.3, -0.25) is 14.7 Å². The Balaban J connectivity index is 1.64. The van der Waals surface area contributed by atoms with Crippen LogP contribution in [0, 0.1) is 11.3 Å². The molecule has 2 saturated heterocycles. The number of nitrogens with zero attached hydrogens (tertiary/aromatic N) is 4. The van der Waals surface area contributed by atoms with Gasteiger partial charge in [-0.1, -0.05) is 0 Å². The van der Waals surface area contributed by atoms with Gasteiger partial charge in [0.2, 0.25) is 0 Å². The van der Waals surface area contributed by atoms with Crippen LogP contribution >= 0.6 is 0 Å². The van der Waals surface area contributed by atoms with Crippen molar-refractivity contribution in [3.63, 3.8) is 0 Å². The normalized spacial score (nSPS) is 21.4. The van der Waals surface area contributed by atoms with Crippen LogP contribution in [0.5, 0.6) is 0 Å². The van der Waals surface area contributed by atoms with Crippen molar-refractivity contribution in [1.29, 1.82) is 5.26 Å². The van der Waals surface area contributed by atoms with E-state index in [9.17, 15) is 14.4 Å². The van der Waals surface area contributed by atoms with Gasteiger partial charge in [0.05, 0.1) is 24.8 Å². The summed E-state index contributed by atoms with van der Waals surface area (Å²) in [4.78, 5) is 42.5. The molecular formula is C23H30N4O6. The van der Waals surface area contributed by atoms with Gasteiger partial charge in [0, 0.05) is 31.9 Å². The molecule has 2 fully saturated rings. The monoisotopic (exact) mass is 458 g/mol. The van der Waals surface area contributed by atoms with Gasteiger partial charge >= 0.3 is 18.2 Å². The fraction of sp³-hybridized carbons (Fsp3) is 0.565. The number of benzene rings is 1. The van der Waals surface area contributed by atoms with E-state index >= 15 is 0 Å². The number of rotatable bonds is 5. The molecule has 10 heteroatoms. The van der Waals surface area contributed by atoms with E-state index in [1.807, 2.05) is 11.0 Å². The van der Waals surface area contributed by atoms with Crippen LogP contribution in [-0.4, -0.2) is 85.0 Å². The molecule has 0 bridgehead atoms. The van der Waals surface area contributed by atoms with Crippen LogP contribution < -0.4 is 4.90 Å². The second kappa shape index (κ2) is 10.1. The van der Waals surface area contributed by atoms with E-state index in [0.29, 0.717) is 37.4 Å². The average Bonchev–Trinajstić information content (AvgIpc) is 3.12. The van der Waals surface area contributed by atoms with Crippen molar-refractivity contribution in [2.24, 2.45) is 0 Å². The van der Waals surface area contributed by atoms with Crippen LogP contribution in [0.3, 0.4) is 0 Å². The number of piperazine rings is 1. The zero-order valence-electron chi connectivity index (χ0n) is 19.4. The molecular weight excluding hydrogens is 428 g/mol. The predicted octanol–water partition coefficient (Wildman–Crippen LogP) is 2.37. The third kappa shape index (κ3) is 6.14. The van der Waals surface area contributed by atoms with Crippen LogP contribution in [0.2, 0.25) is 0 Å². The van der Waals surface area contributed by atoms with E-state index in [1.54, 1.807) is 52.0 Å². The number of hydrogen-bond acceptors (Lipinski definition) is 8.